The van der Waals surface area contributed by atoms with Crippen LogP contribution in [0.25, 0.3) is 5.69 Å². The van der Waals surface area contributed by atoms with Gasteiger partial charge in [-0.3, -0.25) is 9.59 Å². The first-order valence-corrected chi connectivity index (χ1v) is 9.49. The Bertz CT molecular complexity index is 1150. The number of carbonyl (C=O) groups is 2. The second-order valence-electron chi connectivity index (χ2n) is 6.46. The summed E-state index contributed by atoms with van der Waals surface area (Å²) in [5.74, 6) is -0.357. The highest BCUT2D eigenvalue weighted by atomic mass is 35.5. The molecule has 0 bridgehead atoms. The van der Waals surface area contributed by atoms with Crippen LogP contribution in [-0.2, 0) is 6.54 Å². The number of rotatable bonds is 6. The molecule has 2 N–H and O–H groups in total. The summed E-state index contributed by atoms with van der Waals surface area (Å²) in [5.41, 5.74) is 2.79. The number of aromatic nitrogens is 2. The summed E-state index contributed by atoms with van der Waals surface area (Å²) in [5, 5.41) is 10.5. The predicted octanol–water partition coefficient (Wildman–Crippen LogP) is 4.30. The number of nitrogens with one attached hydrogen (secondary N) is 2. The predicted molar refractivity (Wildman–Crippen MR) is 113 cm³/mol. The number of benzene rings is 2. The summed E-state index contributed by atoms with van der Waals surface area (Å²) in [6.45, 7) is 0.337. The zero-order chi connectivity index (χ0) is 20.9. The van der Waals surface area contributed by atoms with Crippen molar-refractivity contribution >= 4 is 29.1 Å². The maximum atomic E-state index is 12.4. The van der Waals surface area contributed by atoms with Crippen molar-refractivity contribution in [1.82, 2.24) is 15.1 Å². The summed E-state index contributed by atoms with van der Waals surface area (Å²) in [7, 11) is 0. The van der Waals surface area contributed by atoms with Gasteiger partial charge in [0.15, 0.2) is 5.76 Å². The van der Waals surface area contributed by atoms with Crippen molar-refractivity contribution in [2.75, 3.05) is 5.32 Å². The van der Waals surface area contributed by atoms with Gasteiger partial charge in [0.2, 0.25) is 0 Å². The fourth-order valence-corrected chi connectivity index (χ4v) is 2.90. The molecule has 2 heterocycles. The minimum Gasteiger partial charge on any atom is -0.459 e. The Morgan fingerprint density at radius 3 is 2.47 bits per heavy atom. The standard InChI is InChI=1S/C22H17ClN4O3/c23-17-5-9-19(10-6-17)27-14-15(13-25-27)12-24-21(28)16-3-7-18(8-4-16)26-22(29)20-2-1-11-30-20/h1-11,13-14H,12H2,(H,24,28)(H,26,29). The lowest BCUT2D eigenvalue weighted by atomic mass is 10.2. The van der Waals surface area contributed by atoms with Gasteiger partial charge in [0.1, 0.15) is 0 Å². The lowest BCUT2D eigenvalue weighted by Crippen LogP contribution is -2.22. The van der Waals surface area contributed by atoms with E-state index in [9.17, 15) is 9.59 Å². The molecule has 2 aromatic carbocycles. The number of halogens is 1. The van der Waals surface area contributed by atoms with E-state index < -0.39 is 0 Å². The average molecular weight is 421 g/mol. The fraction of sp³-hybridized carbons (Fsp3) is 0.0455. The first kappa shape index (κ1) is 19.5. The highest BCUT2D eigenvalue weighted by molar-refractivity contribution is 6.30. The van der Waals surface area contributed by atoms with E-state index in [0.717, 1.165) is 11.3 Å². The highest BCUT2D eigenvalue weighted by Gasteiger charge is 2.10. The monoisotopic (exact) mass is 420 g/mol. The van der Waals surface area contributed by atoms with E-state index in [1.54, 1.807) is 59.4 Å². The summed E-state index contributed by atoms with van der Waals surface area (Å²) < 4.78 is 6.77. The molecular formula is C22H17ClN4O3. The Morgan fingerprint density at radius 1 is 1.00 bits per heavy atom. The smallest absolute Gasteiger partial charge is 0.291 e. The van der Waals surface area contributed by atoms with Gasteiger partial charge in [0.05, 0.1) is 18.1 Å². The molecule has 0 saturated carbocycles. The molecule has 150 valence electrons. The minimum absolute atomic E-state index is 0.218. The van der Waals surface area contributed by atoms with Crippen LogP contribution >= 0.6 is 11.6 Å². The number of nitrogens with zero attached hydrogens (tertiary/aromatic N) is 2. The van der Waals surface area contributed by atoms with Crippen molar-refractivity contribution in [1.29, 1.82) is 0 Å². The lowest BCUT2D eigenvalue weighted by molar-refractivity contribution is 0.0950. The Labute approximate surface area is 177 Å². The van der Waals surface area contributed by atoms with Gasteiger partial charge in [-0.1, -0.05) is 11.6 Å². The first-order chi connectivity index (χ1) is 14.6. The molecule has 0 aliphatic heterocycles. The highest BCUT2D eigenvalue weighted by Crippen LogP contribution is 2.14. The zero-order valence-electron chi connectivity index (χ0n) is 15.7. The third kappa shape index (κ3) is 4.59. The second kappa shape index (κ2) is 8.67. The first-order valence-electron chi connectivity index (χ1n) is 9.11. The number of hydrogen-bond donors (Lipinski definition) is 2. The third-order valence-corrected chi connectivity index (χ3v) is 4.58. The molecule has 2 aromatic heterocycles. The van der Waals surface area contributed by atoms with Crippen molar-refractivity contribution in [2.24, 2.45) is 0 Å². The van der Waals surface area contributed by atoms with Crippen LogP contribution in [0.5, 0.6) is 0 Å². The molecule has 0 saturated heterocycles. The van der Waals surface area contributed by atoms with Gasteiger partial charge < -0.3 is 15.1 Å². The van der Waals surface area contributed by atoms with E-state index >= 15 is 0 Å². The molecule has 0 spiro atoms. The van der Waals surface area contributed by atoms with Crippen LogP contribution in [-0.4, -0.2) is 21.6 Å². The number of carbonyl (C=O) groups excluding carboxylic acids is 2. The van der Waals surface area contributed by atoms with Gasteiger partial charge in [-0.2, -0.15) is 5.10 Å². The second-order valence-corrected chi connectivity index (χ2v) is 6.90. The maximum absolute atomic E-state index is 12.4. The van der Waals surface area contributed by atoms with Crippen LogP contribution in [0.2, 0.25) is 5.02 Å². The summed E-state index contributed by atoms with van der Waals surface area (Å²) in [4.78, 5) is 24.4. The molecule has 8 heteroatoms. The molecule has 0 aliphatic carbocycles. The van der Waals surface area contributed by atoms with Crippen LogP contribution in [0.3, 0.4) is 0 Å². The van der Waals surface area contributed by atoms with Gasteiger partial charge in [0, 0.05) is 34.6 Å². The normalized spacial score (nSPS) is 10.6. The molecular weight excluding hydrogens is 404 g/mol. The van der Waals surface area contributed by atoms with Gasteiger partial charge >= 0.3 is 0 Å². The van der Waals surface area contributed by atoms with Crippen LogP contribution in [0.4, 0.5) is 5.69 Å². The van der Waals surface area contributed by atoms with Crippen LogP contribution < -0.4 is 10.6 Å². The number of anilines is 1. The van der Waals surface area contributed by atoms with Crippen LogP contribution in [0.1, 0.15) is 26.5 Å². The minimum atomic E-state index is -0.352. The maximum Gasteiger partial charge on any atom is 0.291 e. The van der Waals surface area contributed by atoms with E-state index in [1.807, 2.05) is 18.3 Å². The van der Waals surface area contributed by atoms with Gasteiger partial charge in [-0.15, -0.1) is 0 Å². The molecule has 2 amide bonds. The van der Waals surface area contributed by atoms with Crippen molar-refractivity contribution < 1.29 is 14.0 Å². The molecule has 0 fully saturated rings. The van der Waals surface area contributed by atoms with Gasteiger partial charge in [0.25, 0.3) is 11.8 Å². The summed E-state index contributed by atoms with van der Waals surface area (Å²) in [6.07, 6.45) is 4.97. The SMILES string of the molecule is O=C(NCc1cnn(-c2ccc(Cl)cc2)c1)c1ccc(NC(=O)c2ccco2)cc1. The number of amides is 2. The molecule has 30 heavy (non-hydrogen) atoms. The largest absolute Gasteiger partial charge is 0.459 e. The lowest BCUT2D eigenvalue weighted by Gasteiger charge is -2.06. The number of furan rings is 1. The van der Waals surface area contributed by atoms with E-state index in [0.29, 0.717) is 22.8 Å². The Kier molecular flexibility index (Phi) is 5.63. The van der Waals surface area contributed by atoms with E-state index in [4.69, 9.17) is 16.0 Å². The molecule has 4 rings (SSSR count). The van der Waals surface area contributed by atoms with Crippen molar-refractivity contribution in [3.8, 4) is 5.69 Å². The number of hydrogen-bond acceptors (Lipinski definition) is 4. The molecule has 0 aliphatic rings. The van der Waals surface area contributed by atoms with Crippen LogP contribution in [0.15, 0.2) is 83.7 Å². The summed E-state index contributed by atoms with van der Waals surface area (Å²) in [6, 6.07) is 17.1. The molecule has 0 atom stereocenters. The van der Waals surface area contributed by atoms with Gasteiger partial charge in [-0.05, 0) is 60.7 Å². The quantitative estimate of drug-likeness (QED) is 0.486. The van der Waals surface area contributed by atoms with Crippen molar-refractivity contribution in [3.05, 3.63) is 101 Å². The van der Waals surface area contributed by atoms with Crippen LogP contribution in [0, 0.1) is 0 Å². The Morgan fingerprint density at radius 2 is 1.77 bits per heavy atom. The van der Waals surface area contributed by atoms with Crippen molar-refractivity contribution in [3.63, 3.8) is 0 Å². The third-order valence-electron chi connectivity index (χ3n) is 4.33. The van der Waals surface area contributed by atoms with E-state index in [-0.39, 0.29) is 17.6 Å². The average Bonchev–Trinajstić information content (AvgIpc) is 3.45. The van der Waals surface area contributed by atoms with E-state index in [2.05, 4.69) is 15.7 Å². The zero-order valence-corrected chi connectivity index (χ0v) is 16.5. The molecule has 4 aromatic rings. The molecule has 7 nitrogen and oxygen atoms in total. The topological polar surface area (TPSA) is 89.2 Å². The van der Waals surface area contributed by atoms with Gasteiger partial charge in [-0.25, -0.2) is 4.68 Å². The summed E-state index contributed by atoms with van der Waals surface area (Å²) >= 11 is 5.90. The molecule has 0 unspecified atom stereocenters. The Balaban J connectivity index is 1.33. The molecule has 0 radical (unpaired) electrons. The fourth-order valence-electron chi connectivity index (χ4n) is 2.78. The van der Waals surface area contributed by atoms with Crippen molar-refractivity contribution in [2.45, 2.75) is 6.54 Å². The van der Waals surface area contributed by atoms with E-state index in [1.165, 1.54) is 6.26 Å². The Hall–Kier alpha value is -3.84.